The van der Waals surface area contributed by atoms with E-state index in [-0.39, 0.29) is 17.7 Å². The second-order valence-corrected chi connectivity index (χ2v) is 4.50. The van der Waals surface area contributed by atoms with Gasteiger partial charge in [-0.15, -0.1) is 0 Å². The molecule has 0 aromatic heterocycles. The van der Waals surface area contributed by atoms with E-state index in [1.807, 2.05) is 18.2 Å². The third-order valence-corrected chi connectivity index (χ3v) is 2.93. The second kappa shape index (κ2) is 7.64. The van der Waals surface area contributed by atoms with Crippen LogP contribution in [0, 0.1) is 0 Å². The standard InChI is InChI=1S/C15H21NO2/c1-3-4-6-11-14(12(2)17)16-15(18)13-9-7-5-8-10-13/h5,7-10,14H,3-4,6,11H2,1-2H3,(H,16,18). The number of hydrogen-bond donors (Lipinski definition) is 1. The maximum absolute atomic E-state index is 11.9. The molecular weight excluding hydrogens is 226 g/mol. The van der Waals surface area contributed by atoms with Crippen molar-refractivity contribution in [2.45, 2.75) is 45.6 Å². The van der Waals surface area contributed by atoms with Crippen LogP contribution in [0.15, 0.2) is 30.3 Å². The zero-order chi connectivity index (χ0) is 13.4. The summed E-state index contributed by atoms with van der Waals surface area (Å²) in [7, 11) is 0. The topological polar surface area (TPSA) is 46.2 Å². The van der Waals surface area contributed by atoms with Gasteiger partial charge in [-0.25, -0.2) is 0 Å². The first-order chi connectivity index (χ1) is 8.65. The lowest BCUT2D eigenvalue weighted by molar-refractivity contribution is -0.119. The Hall–Kier alpha value is -1.64. The summed E-state index contributed by atoms with van der Waals surface area (Å²) in [4.78, 5) is 23.4. The molecule has 0 radical (unpaired) electrons. The molecule has 1 aromatic carbocycles. The van der Waals surface area contributed by atoms with E-state index in [0.717, 1.165) is 25.7 Å². The van der Waals surface area contributed by atoms with Crippen molar-refractivity contribution in [2.24, 2.45) is 0 Å². The van der Waals surface area contributed by atoms with E-state index in [1.165, 1.54) is 6.92 Å². The van der Waals surface area contributed by atoms with Gasteiger partial charge in [-0.2, -0.15) is 0 Å². The van der Waals surface area contributed by atoms with Crippen LogP contribution in [-0.4, -0.2) is 17.7 Å². The highest BCUT2D eigenvalue weighted by atomic mass is 16.2. The van der Waals surface area contributed by atoms with Crippen LogP contribution < -0.4 is 5.32 Å². The molecule has 0 saturated heterocycles. The summed E-state index contributed by atoms with van der Waals surface area (Å²) in [6.45, 7) is 3.65. The zero-order valence-corrected chi connectivity index (χ0v) is 11.1. The number of amides is 1. The summed E-state index contributed by atoms with van der Waals surface area (Å²) in [5.74, 6) is -0.150. The minimum absolute atomic E-state index is 0.0235. The number of carbonyl (C=O) groups excluding carboxylic acids is 2. The first kappa shape index (κ1) is 14.4. The molecule has 0 heterocycles. The van der Waals surface area contributed by atoms with Gasteiger partial charge in [-0.1, -0.05) is 44.4 Å². The molecule has 0 fully saturated rings. The fraction of sp³-hybridized carbons (Fsp3) is 0.467. The molecule has 3 nitrogen and oxygen atoms in total. The molecule has 0 aliphatic heterocycles. The van der Waals surface area contributed by atoms with Crippen LogP contribution in [0.25, 0.3) is 0 Å². The maximum Gasteiger partial charge on any atom is 0.251 e. The smallest absolute Gasteiger partial charge is 0.251 e. The number of benzene rings is 1. The molecular formula is C15H21NO2. The molecule has 0 spiro atoms. The van der Waals surface area contributed by atoms with Gasteiger partial charge in [-0.05, 0) is 25.5 Å². The summed E-state index contributed by atoms with van der Waals surface area (Å²) >= 11 is 0. The highest BCUT2D eigenvalue weighted by Gasteiger charge is 2.17. The fourth-order valence-corrected chi connectivity index (χ4v) is 1.81. The summed E-state index contributed by atoms with van der Waals surface area (Å²) in [6.07, 6.45) is 3.89. The van der Waals surface area contributed by atoms with Gasteiger partial charge in [0.2, 0.25) is 0 Å². The Balaban J connectivity index is 2.55. The van der Waals surface area contributed by atoms with E-state index in [1.54, 1.807) is 12.1 Å². The molecule has 1 rings (SSSR count). The van der Waals surface area contributed by atoms with Crippen molar-refractivity contribution >= 4 is 11.7 Å². The molecule has 1 unspecified atom stereocenters. The van der Waals surface area contributed by atoms with Crippen molar-refractivity contribution in [3.63, 3.8) is 0 Å². The Kier molecular flexibility index (Phi) is 6.12. The maximum atomic E-state index is 11.9. The van der Waals surface area contributed by atoms with E-state index in [0.29, 0.717) is 5.56 Å². The van der Waals surface area contributed by atoms with Gasteiger partial charge in [0, 0.05) is 5.56 Å². The normalized spacial score (nSPS) is 11.9. The van der Waals surface area contributed by atoms with Crippen LogP contribution in [-0.2, 0) is 4.79 Å². The first-order valence-electron chi connectivity index (χ1n) is 6.51. The Morgan fingerprint density at radius 3 is 2.39 bits per heavy atom. The Morgan fingerprint density at radius 1 is 1.17 bits per heavy atom. The molecule has 18 heavy (non-hydrogen) atoms. The molecule has 0 saturated carbocycles. The number of nitrogens with one attached hydrogen (secondary N) is 1. The highest BCUT2D eigenvalue weighted by molar-refractivity contribution is 5.97. The van der Waals surface area contributed by atoms with Crippen molar-refractivity contribution in [1.29, 1.82) is 0 Å². The molecule has 3 heteroatoms. The largest absolute Gasteiger partial charge is 0.342 e. The van der Waals surface area contributed by atoms with Crippen LogP contribution in [0.4, 0.5) is 0 Å². The molecule has 98 valence electrons. The van der Waals surface area contributed by atoms with Gasteiger partial charge < -0.3 is 5.32 Å². The number of hydrogen-bond acceptors (Lipinski definition) is 2. The molecule has 1 atom stereocenters. The average molecular weight is 247 g/mol. The summed E-state index contributed by atoms with van der Waals surface area (Å²) in [5, 5.41) is 2.80. The van der Waals surface area contributed by atoms with Crippen LogP contribution in [0.1, 0.15) is 49.9 Å². The third kappa shape index (κ3) is 4.70. The molecule has 0 aliphatic carbocycles. The summed E-state index contributed by atoms with van der Waals surface area (Å²) in [5.41, 5.74) is 0.597. The predicted molar refractivity (Wildman–Crippen MR) is 72.5 cm³/mol. The zero-order valence-electron chi connectivity index (χ0n) is 11.1. The lowest BCUT2D eigenvalue weighted by Crippen LogP contribution is -2.39. The third-order valence-electron chi connectivity index (χ3n) is 2.93. The van der Waals surface area contributed by atoms with Gasteiger partial charge in [0.25, 0.3) is 5.91 Å². The Morgan fingerprint density at radius 2 is 1.83 bits per heavy atom. The minimum atomic E-state index is -0.357. The quantitative estimate of drug-likeness (QED) is 0.753. The average Bonchev–Trinajstić information content (AvgIpc) is 2.38. The van der Waals surface area contributed by atoms with Crippen molar-refractivity contribution in [2.75, 3.05) is 0 Å². The van der Waals surface area contributed by atoms with E-state index >= 15 is 0 Å². The Labute approximate surface area is 109 Å². The van der Waals surface area contributed by atoms with Crippen LogP contribution >= 0.6 is 0 Å². The van der Waals surface area contributed by atoms with Crippen LogP contribution in [0.5, 0.6) is 0 Å². The molecule has 1 aromatic rings. The van der Waals surface area contributed by atoms with E-state index in [2.05, 4.69) is 12.2 Å². The SMILES string of the molecule is CCCCCC(NC(=O)c1ccccc1)C(C)=O. The fourth-order valence-electron chi connectivity index (χ4n) is 1.81. The number of rotatable bonds is 7. The summed E-state index contributed by atoms with van der Waals surface area (Å²) < 4.78 is 0. The van der Waals surface area contributed by atoms with Crippen LogP contribution in [0.3, 0.4) is 0 Å². The minimum Gasteiger partial charge on any atom is -0.342 e. The van der Waals surface area contributed by atoms with E-state index in [4.69, 9.17) is 0 Å². The van der Waals surface area contributed by atoms with Gasteiger partial charge in [0.1, 0.15) is 0 Å². The monoisotopic (exact) mass is 247 g/mol. The van der Waals surface area contributed by atoms with Crippen LogP contribution in [0.2, 0.25) is 0 Å². The first-order valence-corrected chi connectivity index (χ1v) is 6.51. The second-order valence-electron chi connectivity index (χ2n) is 4.50. The lowest BCUT2D eigenvalue weighted by Gasteiger charge is -2.15. The van der Waals surface area contributed by atoms with Gasteiger partial charge in [0.05, 0.1) is 6.04 Å². The van der Waals surface area contributed by atoms with E-state index in [9.17, 15) is 9.59 Å². The van der Waals surface area contributed by atoms with Crippen molar-refractivity contribution in [3.05, 3.63) is 35.9 Å². The number of carbonyl (C=O) groups is 2. The molecule has 0 bridgehead atoms. The molecule has 0 aliphatic rings. The van der Waals surface area contributed by atoms with Gasteiger partial charge in [-0.3, -0.25) is 9.59 Å². The van der Waals surface area contributed by atoms with Crippen molar-refractivity contribution < 1.29 is 9.59 Å². The highest BCUT2D eigenvalue weighted by Crippen LogP contribution is 2.06. The van der Waals surface area contributed by atoms with Crippen molar-refractivity contribution in [1.82, 2.24) is 5.32 Å². The predicted octanol–water partition coefficient (Wildman–Crippen LogP) is 2.95. The Bertz CT molecular complexity index is 387. The van der Waals surface area contributed by atoms with Gasteiger partial charge in [0.15, 0.2) is 5.78 Å². The number of unbranched alkanes of at least 4 members (excludes halogenated alkanes) is 2. The lowest BCUT2D eigenvalue weighted by atomic mass is 10.0. The molecule has 1 amide bonds. The number of Topliss-reactive ketones (excluding diaryl/α,β-unsaturated/α-hetero) is 1. The van der Waals surface area contributed by atoms with Gasteiger partial charge >= 0.3 is 0 Å². The van der Waals surface area contributed by atoms with E-state index < -0.39 is 0 Å². The summed E-state index contributed by atoms with van der Waals surface area (Å²) in [6, 6.07) is 8.63. The van der Waals surface area contributed by atoms with Crippen molar-refractivity contribution in [3.8, 4) is 0 Å². The molecule has 1 N–H and O–H groups in total. The number of ketones is 1.